The van der Waals surface area contributed by atoms with Crippen molar-refractivity contribution in [2.45, 2.75) is 0 Å². The molecule has 8 heteroatoms. The van der Waals surface area contributed by atoms with Crippen molar-refractivity contribution in [3.05, 3.63) is 59.7 Å². The molecule has 0 aliphatic heterocycles. The van der Waals surface area contributed by atoms with Crippen LogP contribution in [0.2, 0.25) is 0 Å². The highest BCUT2D eigenvalue weighted by molar-refractivity contribution is 6.03. The van der Waals surface area contributed by atoms with Gasteiger partial charge in [0.2, 0.25) is 11.8 Å². The van der Waals surface area contributed by atoms with E-state index in [9.17, 15) is 14.4 Å². The predicted molar refractivity (Wildman–Crippen MR) is 105 cm³/mol. The molecule has 28 heavy (non-hydrogen) atoms. The van der Waals surface area contributed by atoms with Gasteiger partial charge >= 0.3 is 0 Å². The zero-order valence-corrected chi connectivity index (χ0v) is 15.5. The number of methoxy groups -OCH3 is 2. The van der Waals surface area contributed by atoms with Crippen LogP contribution in [0.5, 0.6) is 11.5 Å². The van der Waals surface area contributed by atoms with Gasteiger partial charge in [-0.3, -0.25) is 14.4 Å². The number of nitrogens with two attached hydrogens (primary N) is 1. The van der Waals surface area contributed by atoms with E-state index in [-0.39, 0.29) is 12.5 Å². The van der Waals surface area contributed by atoms with Gasteiger partial charge in [0.25, 0.3) is 5.91 Å². The second kappa shape index (κ2) is 9.77. The highest BCUT2D eigenvalue weighted by atomic mass is 16.5. The Morgan fingerprint density at radius 2 is 1.86 bits per heavy atom. The molecular weight excluding hydrogens is 362 g/mol. The zero-order valence-electron chi connectivity index (χ0n) is 15.5. The number of ether oxygens (including phenoxy) is 2. The molecule has 0 bridgehead atoms. The Morgan fingerprint density at radius 3 is 2.54 bits per heavy atom. The van der Waals surface area contributed by atoms with E-state index in [0.29, 0.717) is 28.3 Å². The molecular formula is C20H21N3O5. The van der Waals surface area contributed by atoms with Crippen molar-refractivity contribution in [1.29, 1.82) is 0 Å². The monoisotopic (exact) mass is 383 g/mol. The van der Waals surface area contributed by atoms with Gasteiger partial charge < -0.3 is 25.8 Å². The van der Waals surface area contributed by atoms with Crippen molar-refractivity contribution in [1.82, 2.24) is 5.32 Å². The number of benzene rings is 2. The summed E-state index contributed by atoms with van der Waals surface area (Å²) in [6.45, 7) is -0.262. The van der Waals surface area contributed by atoms with E-state index in [1.165, 1.54) is 19.3 Å². The quantitative estimate of drug-likeness (QED) is 0.598. The normalized spacial score (nSPS) is 10.4. The van der Waals surface area contributed by atoms with E-state index in [1.807, 2.05) is 0 Å². The Kier molecular flexibility index (Phi) is 7.15. The Labute approximate surface area is 162 Å². The molecule has 0 aromatic heterocycles. The third-order valence-corrected chi connectivity index (χ3v) is 3.67. The minimum absolute atomic E-state index is 0.262. The average molecular weight is 383 g/mol. The summed E-state index contributed by atoms with van der Waals surface area (Å²) < 4.78 is 10.4. The third kappa shape index (κ3) is 5.87. The number of nitrogens with one attached hydrogen (secondary N) is 2. The molecule has 0 atom stereocenters. The number of anilines is 1. The SMILES string of the molecule is COc1ccc(/C=C/C(=O)Nc2cccc(C(=O)NCC(N)=O)c2)c(OC)c1. The van der Waals surface area contributed by atoms with Crippen LogP contribution in [-0.2, 0) is 9.59 Å². The third-order valence-electron chi connectivity index (χ3n) is 3.67. The van der Waals surface area contributed by atoms with E-state index < -0.39 is 11.8 Å². The van der Waals surface area contributed by atoms with Gasteiger partial charge in [-0.25, -0.2) is 0 Å². The fourth-order valence-electron chi connectivity index (χ4n) is 2.31. The maximum absolute atomic E-state index is 12.2. The van der Waals surface area contributed by atoms with E-state index in [1.54, 1.807) is 49.6 Å². The van der Waals surface area contributed by atoms with Crippen LogP contribution in [0.1, 0.15) is 15.9 Å². The number of rotatable bonds is 8. The molecule has 0 aliphatic carbocycles. The van der Waals surface area contributed by atoms with E-state index in [4.69, 9.17) is 15.2 Å². The molecule has 2 aromatic rings. The van der Waals surface area contributed by atoms with Crippen LogP contribution in [-0.4, -0.2) is 38.5 Å². The zero-order chi connectivity index (χ0) is 20.5. The first-order valence-electron chi connectivity index (χ1n) is 8.30. The van der Waals surface area contributed by atoms with Crippen LogP contribution in [0.25, 0.3) is 6.08 Å². The van der Waals surface area contributed by atoms with Crippen LogP contribution in [0.4, 0.5) is 5.69 Å². The molecule has 0 saturated carbocycles. The Balaban J connectivity index is 2.05. The molecule has 0 heterocycles. The topological polar surface area (TPSA) is 120 Å². The van der Waals surface area contributed by atoms with Crippen molar-refractivity contribution in [2.24, 2.45) is 5.73 Å². The molecule has 0 radical (unpaired) electrons. The van der Waals surface area contributed by atoms with Gasteiger partial charge in [0.05, 0.1) is 20.8 Å². The van der Waals surface area contributed by atoms with Crippen molar-refractivity contribution in [2.75, 3.05) is 26.1 Å². The molecule has 3 amide bonds. The number of amides is 3. The lowest BCUT2D eigenvalue weighted by molar-refractivity contribution is -0.117. The number of hydrogen-bond acceptors (Lipinski definition) is 5. The number of primary amides is 1. The summed E-state index contributed by atoms with van der Waals surface area (Å²) in [7, 11) is 3.08. The summed E-state index contributed by atoms with van der Waals surface area (Å²) in [5, 5.41) is 5.05. The van der Waals surface area contributed by atoms with E-state index in [0.717, 1.165) is 0 Å². The van der Waals surface area contributed by atoms with Crippen LogP contribution in [0, 0.1) is 0 Å². The fraction of sp³-hybridized carbons (Fsp3) is 0.150. The first kappa shape index (κ1) is 20.5. The molecule has 2 aromatic carbocycles. The van der Waals surface area contributed by atoms with E-state index >= 15 is 0 Å². The first-order chi connectivity index (χ1) is 13.4. The summed E-state index contributed by atoms with van der Waals surface area (Å²) >= 11 is 0. The Morgan fingerprint density at radius 1 is 1.07 bits per heavy atom. The molecule has 8 nitrogen and oxygen atoms in total. The smallest absolute Gasteiger partial charge is 0.251 e. The Hall–Kier alpha value is -3.81. The van der Waals surface area contributed by atoms with Crippen molar-refractivity contribution >= 4 is 29.5 Å². The van der Waals surface area contributed by atoms with Gasteiger partial charge in [0.1, 0.15) is 11.5 Å². The fourth-order valence-corrected chi connectivity index (χ4v) is 2.31. The minimum atomic E-state index is -0.642. The lowest BCUT2D eigenvalue weighted by atomic mass is 10.1. The van der Waals surface area contributed by atoms with Gasteiger partial charge in [0.15, 0.2) is 0 Å². The van der Waals surface area contributed by atoms with Crippen LogP contribution in [0.15, 0.2) is 48.5 Å². The number of hydrogen-bond donors (Lipinski definition) is 3. The maximum atomic E-state index is 12.2. The first-order valence-corrected chi connectivity index (χ1v) is 8.30. The predicted octanol–water partition coefficient (Wildman–Crippen LogP) is 1.57. The highest BCUT2D eigenvalue weighted by Gasteiger charge is 2.08. The molecule has 4 N–H and O–H groups in total. The van der Waals surface area contributed by atoms with Crippen LogP contribution in [0.3, 0.4) is 0 Å². The average Bonchev–Trinajstić information content (AvgIpc) is 2.70. The van der Waals surface area contributed by atoms with Crippen LogP contribution < -0.4 is 25.8 Å². The van der Waals surface area contributed by atoms with Crippen LogP contribution >= 0.6 is 0 Å². The molecule has 2 rings (SSSR count). The minimum Gasteiger partial charge on any atom is -0.497 e. The van der Waals surface area contributed by atoms with Crippen molar-refractivity contribution in [3.8, 4) is 11.5 Å². The summed E-state index contributed by atoms with van der Waals surface area (Å²) in [5.74, 6) is -0.278. The van der Waals surface area contributed by atoms with Gasteiger partial charge in [-0.1, -0.05) is 6.07 Å². The van der Waals surface area contributed by atoms with Gasteiger partial charge in [0, 0.05) is 29.0 Å². The molecule has 146 valence electrons. The maximum Gasteiger partial charge on any atom is 0.251 e. The summed E-state index contributed by atoms with van der Waals surface area (Å²) in [5.41, 5.74) is 6.43. The summed E-state index contributed by atoms with van der Waals surface area (Å²) in [4.78, 5) is 34.9. The van der Waals surface area contributed by atoms with Crippen molar-refractivity contribution in [3.63, 3.8) is 0 Å². The summed E-state index contributed by atoms with van der Waals surface area (Å²) in [6.07, 6.45) is 2.96. The molecule has 0 fully saturated rings. The molecule has 0 unspecified atom stereocenters. The van der Waals surface area contributed by atoms with Gasteiger partial charge in [-0.15, -0.1) is 0 Å². The van der Waals surface area contributed by atoms with E-state index in [2.05, 4.69) is 10.6 Å². The lowest BCUT2D eigenvalue weighted by Gasteiger charge is -2.08. The van der Waals surface area contributed by atoms with Gasteiger partial charge in [-0.2, -0.15) is 0 Å². The summed E-state index contributed by atoms with van der Waals surface area (Å²) in [6, 6.07) is 11.6. The standard InChI is InChI=1S/C20H21N3O5/c1-27-16-8-6-13(17(11-16)28-2)7-9-19(25)23-15-5-3-4-14(10-15)20(26)22-12-18(21)24/h3-11H,12H2,1-2H3,(H2,21,24)(H,22,26)(H,23,25)/b9-7+. The molecule has 0 spiro atoms. The highest BCUT2D eigenvalue weighted by Crippen LogP contribution is 2.25. The van der Waals surface area contributed by atoms with Crippen molar-refractivity contribution < 1.29 is 23.9 Å². The Bertz CT molecular complexity index is 908. The second-order valence-corrected chi connectivity index (χ2v) is 5.66. The second-order valence-electron chi connectivity index (χ2n) is 5.66. The largest absolute Gasteiger partial charge is 0.497 e. The van der Waals surface area contributed by atoms with Gasteiger partial charge in [-0.05, 0) is 36.4 Å². The number of carbonyl (C=O) groups excluding carboxylic acids is 3. The lowest BCUT2D eigenvalue weighted by Crippen LogP contribution is -2.33. The molecule has 0 aliphatic rings. The molecule has 0 saturated heterocycles. The number of carbonyl (C=O) groups is 3.